The molecule has 2 aliphatic heterocycles. The van der Waals surface area contributed by atoms with Crippen molar-refractivity contribution >= 4 is 49.4 Å². The number of methoxy groups -OCH3 is 1. The number of nitrogens with zero attached hydrogens (tertiary/aromatic N) is 3. The summed E-state index contributed by atoms with van der Waals surface area (Å²) in [5, 5.41) is 6.33. The minimum Gasteiger partial charge on any atom is -0.497 e. The lowest BCUT2D eigenvalue weighted by Gasteiger charge is -2.34. The fraction of sp³-hybridized carbons (Fsp3) is 0.258. The summed E-state index contributed by atoms with van der Waals surface area (Å²) in [5.74, 6) is -0.231. The van der Waals surface area contributed by atoms with Crippen LogP contribution < -0.4 is 10.1 Å². The molecule has 4 aromatic carbocycles. The number of amides is 4. The second-order valence-electron chi connectivity index (χ2n) is 10.7. The van der Waals surface area contributed by atoms with Gasteiger partial charge in [0.1, 0.15) is 17.8 Å². The van der Waals surface area contributed by atoms with Crippen LogP contribution in [0.15, 0.2) is 83.8 Å². The van der Waals surface area contributed by atoms with Crippen molar-refractivity contribution in [3.05, 3.63) is 84.4 Å². The third-order valence-corrected chi connectivity index (χ3v) is 10.0. The molecule has 6 rings (SSSR count). The maximum atomic E-state index is 13.5. The summed E-state index contributed by atoms with van der Waals surface area (Å²) in [5.41, 5.74) is -0.737. The molecule has 42 heavy (non-hydrogen) atoms. The van der Waals surface area contributed by atoms with Gasteiger partial charge in [0.2, 0.25) is 15.9 Å². The Morgan fingerprint density at radius 2 is 1.50 bits per heavy atom. The molecule has 0 spiro atoms. The first-order chi connectivity index (χ1) is 20.1. The fourth-order valence-electron chi connectivity index (χ4n) is 5.59. The van der Waals surface area contributed by atoms with E-state index in [9.17, 15) is 22.8 Å². The van der Waals surface area contributed by atoms with Gasteiger partial charge >= 0.3 is 6.03 Å². The quantitative estimate of drug-likeness (QED) is 0.347. The van der Waals surface area contributed by atoms with Crippen molar-refractivity contribution in [3.8, 4) is 5.75 Å². The normalized spacial score (nSPS) is 19.9. The highest BCUT2D eigenvalue weighted by atomic mass is 32.2. The molecular formula is C31H30N4O6S. The lowest BCUT2D eigenvalue weighted by Crippen LogP contribution is -2.53. The van der Waals surface area contributed by atoms with Crippen LogP contribution in [0, 0.1) is 0 Å². The second-order valence-corrected chi connectivity index (χ2v) is 12.6. The Morgan fingerprint density at radius 1 is 0.857 bits per heavy atom. The Labute approximate surface area is 243 Å². The summed E-state index contributed by atoms with van der Waals surface area (Å²) in [6.45, 7) is 1.73. The molecule has 10 nitrogen and oxygen atoms in total. The molecule has 0 saturated carbocycles. The SMILES string of the molecule is COc1ccc2cc(C3(C)NC(=O)N(CC(=O)N4CCN(S(=O)(=O)c5ccc6ccccc6c5)CC4)C3=O)ccc2c1. The highest BCUT2D eigenvalue weighted by molar-refractivity contribution is 7.89. The number of sulfonamides is 1. The maximum absolute atomic E-state index is 13.5. The number of fused-ring (bicyclic) bond motifs is 2. The number of nitrogens with one attached hydrogen (secondary N) is 1. The molecular weight excluding hydrogens is 556 g/mol. The van der Waals surface area contributed by atoms with Crippen LogP contribution in [-0.4, -0.2) is 80.2 Å². The van der Waals surface area contributed by atoms with E-state index in [0.29, 0.717) is 11.3 Å². The molecule has 1 unspecified atom stereocenters. The van der Waals surface area contributed by atoms with E-state index < -0.39 is 40.0 Å². The summed E-state index contributed by atoms with van der Waals surface area (Å²) >= 11 is 0. The van der Waals surface area contributed by atoms with E-state index in [1.165, 1.54) is 9.21 Å². The minimum atomic E-state index is -3.75. The Bertz CT molecular complexity index is 1850. The van der Waals surface area contributed by atoms with Crippen molar-refractivity contribution in [3.63, 3.8) is 0 Å². The largest absolute Gasteiger partial charge is 0.497 e. The molecule has 4 amide bonds. The lowest BCUT2D eigenvalue weighted by molar-refractivity contribution is -0.139. The van der Waals surface area contributed by atoms with Crippen LogP contribution in [-0.2, 0) is 25.2 Å². The molecule has 0 radical (unpaired) electrons. The van der Waals surface area contributed by atoms with Crippen LogP contribution in [0.4, 0.5) is 4.79 Å². The average molecular weight is 587 g/mol. The number of carbonyl (C=O) groups is 3. The van der Waals surface area contributed by atoms with Crippen molar-refractivity contribution in [1.29, 1.82) is 0 Å². The predicted octanol–water partition coefficient (Wildman–Crippen LogP) is 3.30. The van der Waals surface area contributed by atoms with Crippen LogP contribution in [0.3, 0.4) is 0 Å². The minimum absolute atomic E-state index is 0.112. The van der Waals surface area contributed by atoms with Crippen molar-refractivity contribution in [1.82, 2.24) is 19.4 Å². The van der Waals surface area contributed by atoms with E-state index in [4.69, 9.17) is 4.74 Å². The Balaban J connectivity index is 1.12. The molecule has 2 fully saturated rings. The number of hydrogen-bond acceptors (Lipinski definition) is 6. The van der Waals surface area contributed by atoms with Gasteiger partial charge in [0.05, 0.1) is 12.0 Å². The molecule has 2 heterocycles. The smallest absolute Gasteiger partial charge is 0.325 e. The summed E-state index contributed by atoms with van der Waals surface area (Å²) in [4.78, 5) is 42.2. The number of carbonyl (C=O) groups excluding carboxylic acids is 3. The van der Waals surface area contributed by atoms with Gasteiger partial charge in [0, 0.05) is 26.2 Å². The Morgan fingerprint density at radius 3 is 2.24 bits per heavy atom. The van der Waals surface area contributed by atoms with Crippen molar-refractivity contribution < 1.29 is 27.5 Å². The van der Waals surface area contributed by atoms with Crippen LogP contribution in [0.25, 0.3) is 21.5 Å². The zero-order valence-electron chi connectivity index (χ0n) is 23.2. The van der Waals surface area contributed by atoms with Crippen LogP contribution in [0.2, 0.25) is 0 Å². The van der Waals surface area contributed by atoms with Gasteiger partial charge in [-0.2, -0.15) is 4.31 Å². The monoisotopic (exact) mass is 586 g/mol. The summed E-state index contributed by atoms with van der Waals surface area (Å²) in [7, 11) is -2.16. The zero-order chi connectivity index (χ0) is 29.6. The van der Waals surface area contributed by atoms with Crippen molar-refractivity contribution in [2.75, 3.05) is 39.8 Å². The topological polar surface area (TPSA) is 116 Å². The number of rotatable bonds is 6. The Kier molecular flexibility index (Phi) is 6.86. The summed E-state index contributed by atoms with van der Waals surface area (Å²) in [6.07, 6.45) is 0. The lowest BCUT2D eigenvalue weighted by atomic mass is 9.90. The zero-order valence-corrected chi connectivity index (χ0v) is 24.1. The summed E-state index contributed by atoms with van der Waals surface area (Å²) < 4.78 is 33.2. The van der Waals surface area contributed by atoms with E-state index >= 15 is 0 Å². The van der Waals surface area contributed by atoms with Gasteiger partial charge in [-0.05, 0) is 64.4 Å². The number of hydrogen-bond donors (Lipinski definition) is 1. The number of urea groups is 1. The van der Waals surface area contributed by atoms with Gasteiger partial charge in [-0.25, -0.2) is 13.2 Å². The van der Waals surface area contributed by atoms with Crippen LogP contribution >= 0.6 is 0 Å². The molecule has 1 N–H and O–H groups in total. The van der Waals surface area contributed by atoms with E-state index in [-0.39, 0.29) is 31.1 Å². The molecule has 0 bridgehead atoms. The van der Waals surface area contributed by atoms with E-state index in [0.717, 1.165) is 26.4 Å². The number of piperazine rings is 1. The van der Waals surface area contributed by atoms with Crippen molar-refractivity contribution in [2.45, 2.75) is 17.4 Å². The van der Waals surface area contributed by atoms with Crippen LogP contribution in [0.1, 0.15) is 12.5 Å². The van der Waals surface area contributed by atoms with Gasteiger partial charge < -0.3 is 15.0 Å². The second kappa shape index (κ2) is 10.4. The maximum Gasteiger partial charge on any atom is 0.325 e. The van der Waals surface area contributed by atoms with Gasteiger partial charge in [-0.1, -0.05) is 48.5 Å². The van der Waals surface area contributed by atoms with E-state index in [2.05, 4.69) is 5.32 Å². The molecule has 216 valence electrons. The first-order valence-corrected chi connectivity index (χ1v) is 15.0. The highest BCUT2D eigenvalue weighted by Gasteiger charge is 2.50. The van der Waals surface area contributed by atoms with E-state index in [1.54, 1.807) is 38.3 Å². The number of ether oxygens (including phenoxy) is 1. The van der Waals surface area contributed by atoms with Gasteiger partial charge in [0.25, 0.3) is 5.91 Å². The van der Waals surface area contributed by atoms with Crippen LogP contribution in [0.5, 0.6) is 5.75 Å². The Hall–Kier alpha value is -4.48. The molecule has 0 aromatic heterocycles. The average Bonchev–Trinajstić information content (AvgIpc) is 3.23. The molecule has 4 aromatic rings. The van der Waals surface area contributed by atoms with Gasteiger partial charge in [-0.3, -0.25) is 14.5 Å². The number of benzene rings is 4. The molecule has 11 heteroatoms. The predicted molar refractivity (Wildman–Crippen MR) is 157 cm³/mol. The fourth-order valence-corrected chi connectivity index (χ4v) is 7.05. The summed E-state index contributed by atoms with van der Waals surface area (Å²) in [6, 6.07) is 23.0. The third-order valence-electron chi connectivity index (χ3n) is 8.14. The third kappa shape index (κ3) is 4.74. The van der Waals surface area contributed by atoms with Gasteiger partial charge in [-0.15, -0.1) is 0 Å². The first kappa shape index (κ1) is 27.7. The van der Waals surface area contributed by atoms with Gasteiger partial charge in [0.15, 0.2) is 0 Å². The number of imide groups is 1. The standard InChI is InChI=1S/C31H30N4O6S/c1-31(25-10-7-24-18-26(41-2)11-8-23(24)17-25)29(37)35(30(38)32-31)20-28(36)33-13-15-34(16-14-33)42(39,40)27-12-9-21-5-3-4-6-22(21)19-27/h3-12,17-19H,13-16,20H2,1-2H3,(H,32,38). The van der Waals surface area contributed by atoms with Crippen molar-refractivity contribution in [2.24, 2.45) is 0 Å². The molecule has 2 aliphatic rings. The highest BCUT2D eigenvalue weighted by Crippen LogP contribution is 2.32. The molecule has 1 atom stereocenters. The molecule has 0 aliphatic carbocycles. The van der Waals surface area contributed by atoms with E-state index in [1.807, 2.05) is 54.6 Å². The first-order valence-electron chi connectivity index (χ1n) is 13.6. The molecule has 2 saturated heterocycles.